The molecule has 0 spiro atoms. The highest BCUT2D eigenvalue weighted by molar-refractivity contribution is 5.85. The summed E-state index contributed by atoms with van der Waals surface area (Å²) in [6, 6.07) is 21.7. The molecular weight excluding hydrogens is 580 g/mol. The predicted octanol–water partition coefficient (Wildman–Crippen LogP) is 5.34. The molecule has 0 bridgehead atoms. The van der Waals surface area contributed by atoms with Crippen LogP contribution in [0.25, 0.3) is 0 Å². The number of anilines is 1. The van der Waals surface area contributed by atoms with Gasteiger partial charge in [-0.05, 0) is 49.6 Å². The first-order valence-corrected chi connectivity index (χ1v) is 14.2. The van der Waals surface area contributed by atoms with E-state index in [1.807, 2.05) is 31.1 Å². The van der Waals surface area contributed by atoms with Crippen molar-refractivity contribution in [1.82, 2.24) is 15.8 Å². The highest BCUT2D eigenvalue weighted by Crippen LogP contribution is 2.26. The Bertz CT molecular complexity index is 1410. The van der Waals surface area contributed by atoms with Gasteiger partial charge in [-0.25, -0.2) is 24.6 Å². The van der Waals surface area contributed by atoms with Crippen molar-refractivity contribution >= 4 is 29.9 Å². The van der Waals surface area contributed by atoms with Gasteiger partial charge in [-0.15, -0.1) is 0 Å². The third kappa shape index (κ3) is 10.8. The average Bonchev–Trinajstić information content (AvgIpc) is 3.01. The van der Waals surface area contributed by atoms with Gasteiger partial charge in [-0.3, -0.25) is 0 Å². The lowest BCUT2D eigenvalue weighted by Crippen LogP contribution is -2.60. The van der Waals surface area contributed by atoms with E-state index in [0.717, 1.165) is 12.8 Å². The van der Waals surface area contributed by atoms with Crippen LogP contribution in [-0.4, -0.2) is 62.1 Å². The molecule has 2 atom stereocenters. The van der Waals surface area contributed by atoms with E-state index in [4.69, 9.17) is 18.9 Å². The maximum absolute atomic E-state index is 13.7. The zero-order chi connectivity index (χ0) is 33.0. The van der Waals surface area contributed by atoms with Gasteiger partial charge < -0.3 is 29.2 Å². The summed E-state index contributed by atoms with van der Waals surface area (Å²) >= 11 is 0. The van der Waals surface area contributed by atoms with Crippen LogP contribution in [0, 0.1) is 0 Å². The number of methoxy groups -OCH3 is 1. The van der Waals surface area contributed by atoms with Crippen LogP contribution < -0.4 is 15.6 Å². The summed E-state index contributed by atoms with van der Waals surface area (Å²) in [5.74, 6) is -0.965. The summed E-state index contributed by atoms with van der Waals surface area (Å²) in [6.45, 7) is 4.76. The molecule has 0 radical (unpaired) electrons. The molecule has 0 aliphatic carbocycles. The number of hydrogen-bond donors (Lipinski definition) is 2. The Morgan fingerprint density at radius 3 is 1.78 bits per heavy atom. The molecule has 0 aliphatic heterocycles. The van der Waals surface area contributed by atoms with Gasteiger partial charge >= 0.3 is 24.2 Å². The second kappa shape index (κ2) is 16.0. The maximum Gasteiger partial charge on any atom is 0.430 e. The Morgan fingerprint density at radius 1 is 0.756 bits per heavy atom. The second-order valence-corrected chi connectivity index (χ2v) is 11.2. The van der Waals surface area contributed by atoms with Crippen molar-refractivity contribution in [2.45, 2.75) is 51.7 Å². The number of rotatable bonds is 10. The van der Waals surface area contributed by atoms with Crippen LogP contribution in [0.15, 0.2) is 84.9 Å². The van der Waals surface area contributed by atoms with Gasteiger partial charge in [0.05, 0.1) is 13.2 Å². The van der Waals surface area contributed by atoms with E-state index >= 15 is 0 Å². The van der Waals surface area contributed by atoms with E-state index in [1.165, 1.54) is 0 Å². The normalized spacial score (nSPS) is 12.1. The van der Waals surface area contributed by atoms with Crippen LogP contribution in [0.4, 0.5) is 20.1 Å². The number of esters is 1. The molecule has 240 valence electrons. The number of amides is 3. The Balaban J connectivity index is 2.02. The first kappa shape index (κ1) is 34.2. The number of alkyl carbamates (subject to hydrolysis) is 1. The van der Waals surface area contributed by atoms with Crippen molar-refractivity contribution in [3.05, 3.63) is 102 Å². The number of carbonyl (C=O) groups excluding carboxylic acids is 4. The predicted molar refractivity (Wildman–Crippen MR) is 167 cm³/mol. The smallest absolute Gasteiger partial charge is 0.430 e. The number of hydrazine groups is 1. The van der Waals surface area contributed by atoms with Crippen LogP contribution in [0.5, 0.6) is 0 Å². The molecule has 0 saturated carbocycles. The Morgan fingerprint density at radius 2 is 1.29 bits per heavy atom. The summed E-state index contributed by atoms with van der Waals surface area (Å²) in [7, 11) is 4.84. The van der Waals surface area contributed by atoms with E-state index in [9.17, 15) is 19.2 Å². The fourth-order valence-corrected chi connectivity index (χ4v) is 4.14. The van der Waals surface area contributed by atoms with Crippen molar-refractivity contribution in [1.29, 1.82) is 0 Å². The first-order valence-electron chi connectivity index (χ1n) is 14.2. The lowest BCUT2D eigenvalue weighted by molar-refractivity contribution is -0.148. The number of benzene rings is 3. The zero-order valence-electron chi connectivity index (χ0n) is 26.3. The Hall–Kier alpha value is -5.26. The standard InChI is InChI=1S/C33H40N4O8/c1-33(2,3)45-30(39)34-27(25-17-19-26(20-18-25)36(4)5)28(29(38)42-6)37(32(41)44-22-24-15-11-8-12-16-24)35-31(40)43-21-23-13-9-7-10-14-23/h7-20,27-28H,21-22H2,1-6H3,(H,34,39)(H,35,40)/t27-,28-/m1/s1. The molecule has 0 heterocycles. The maximum atomic E-state index is 13.7. The molecule has 3 aromatic rings. The number of hydrogen-bond acceptors (Lipinski definition) is 9. The van der Waals surface area contributed by atoms with E-state index in [0.29, 0.717) is 21.7 Å². The van der Waals surface area contributed by atoms with Crippen LogP contribution >= 0.6 is 0 Å². The molecule has 45 heavy (non-hydrogen) atoms. The van der Waals surface area contributed by atoms with Crippen molar-refractivity contribution in [3.63, 3.8) is 0 Å². The van der Waals surface area contributed by atoms with Crippen LogP contribution in [-0.2, 0) is 37.0 Å². The van der Waals surface area contributed by atoms with Gasteiger partial charge in [-0.2, -0.15) is 5.01 Å². The molecule has 0 unspecified atom stereocenters. The van der Waals surface area contributed by atoms with Crippen LogP contribution in [0.2, 0.25) is 0 Å². The van der Waals surface area contributed by atoms with Gasteiger partial charge in [0, 0.05) is 19.8 Å². The number of nitrogens with zero attached hydrogens (tertiary/aromatic N) is 2. The molecule has 3 amide bonds. The molecule has 0 saturated heterocycles. The number of nitrogens with one attached hydrogen (secondary N) is 2. The highest BCUT2D eigenvalue weighted by atomic mass is 16.6. The van der Waals surface area contributed by atoms with Crippen molar-refractivity contribution < 1.29 is 38.1 Å². The molecule has 0 aliphatic rings. The fraction of sp³-hybridized carbons (Fsp3) is 0.333. The van der Waals surface area contributed by atoms with Crippen molar-refractivity contribution in [2.75, 3.05) is 26.1 Å². The van der Waals surface area contributed by atoms with Gasteiger partial charge in [0.15, 0.2) is 6.04 Å². The lowest BCUT2D eigenvalue weighted by atomic mass is 9.98. The van der Waals surface area contributed by atoms with Gasteiger partial charge in [0.2, 0.25) is 0 Å². The quantitative estimate of drug-likeness (QED) is 0.175. The summed E-state index contributed by atoms with van der Waals surface area (Å²) < 4.78 is 21.4. The fourth-order valence-electron chi connectivity index (χ4n) is 4.14. The summed E-state index contributed by atoms with van der Waals surface area (Å²) in [4.78, 5) is 55.1. The molecule has 0 fully saturated rings. The van der Waals surface area contributed by atoms with Crippen molar-refractivity contribution in [3.8, 4) is 0 Å². The largest absolute Gasteiger partial charge is 0.467 e. The average molecular weight is 621 g/mol. The van der Waals surface area contributed by atoms with E-state index in [2.05, 4.69) is 10.7 Å². The summed E-state index contributed by atoms with van der Waals surface area (Å²) in [6.07, 6.45) is -3.03. The monoisotopic (exact) mass is 620 g/mol. The molecule has 0 aromatic heterocycles. The van der Waals surface area contributed by atoms with Crippen molar-refractivity contribution in [2.24, 2.45) is 0 Å². The molecule has 3 aromatic carbocycles. The summed E-state index contributed by atoms with van der Waals surface area (Å²) in [5, 5.41) is 3.33. The van der Waals surface area contributed by atoms with E-state index in [1.54, 1.807) is 93.6 Å². The molecule has 12 heteroatoms. The first-order chi connectivity index (χ1) is 21.4. The van der Waals surface area contributed by atoms with Gasteiger partial charge in [0.25, 0.3) is 0 Å². The Kier molecular flexibility index (Phi) is 12.2. The number of carbonyl (C=O) groups is 4. The van der Waals surface area contributed by atoms with E-state index in [-0.39, 0.29) is 13.2 Å². The molecule has 3 rings (SSSR count). The third-order valence-electron chi connectivity index (χ3n) is 6.30. The molecule has 12 nitrogen and oxygen atoms in total. The van der Waals surface area contributed by atoms with Crippen LogP contribution in [0.1, 0.15) is 43.5 Å². The molecular formula is C33H40N4O8. The SMILES string of the molecule is COC(=O)[C@@H]([C@H](NC(=O)OC(C)(C)C)c1ccc(N(C)C)cc1)N(NC(=O)OCc1ccccc1)C(=O)OCc1ccccc1. The number of ether oxygens (including phenoxy) is 4. The van der Waals surface area contributed by atoms with E-state index < -0.39 is 41.9 Å². The minimum absolute atomic E-state index is 0.117. The lowest BCUT2D eigenvalue weighted by Gasteiger charge is -2.35. The minimum Gasteiger partial charge on any atom is -0.467 e. The second-order valence-electron chi connectivity index (χ2n) is 11.2. The van der Waals surface area contributed by atoms with Gasteiger partial charge in [0.1, 0.15) is 18.8 Å². The van der Waals surface area contributed by atoms with Gasteiger partial charge in [-0.1, -0.05) is 72.8 Å². The highest BCUT2D eigenvalue weighted by Gasteiger charge is 2.42. The topological polar surface area (TPSA) is 136 Å². The Labute approximate surface area is 263 Å². The summed E-state index contributed by atoms with van der Waals surface area (Å²) in [5.41, 5.74) is 4.06. The van der Waals surface area contributed by atoms with Crippen LogP contribution in [0.3, 0.4) is 0 Å². The third-order valence-corrected chi connectivity index (χ3v) is 6.30. The minimum atomic E-state index is -1.67. The zero-order valence-corrected chi connectivity index (χ0v) is 26.3. The molecule has 2 N–H and O–H groups in total.